The summed E-state index contributed by atoms with van der Waals surface area (Å²) >= 11 is 0. The number of halogens is 1. The van der Waals surface area contributed by atoms with E-state index in [-0.39, 0.29) is 5.82 Å². The average molecular weight is 393 g/mol. The van der Waals surface area contributed by atoms with Crippen molar-refractivity contribution in [3.63, 3.8) is 0 Å². The van der Waals surface area contributed by atoms with Crippen LogP contribution in [0.1, 0.15) is 5.56 Å². The van der Waals surface area contributed by atoms with E-state index in [9.17, 15) is 4.39 Å². The maximum atomic E-state index is 13.7. The molecule has 0 fully saturated rings. The Labute approximate surface area is 173 Å². The molecule has 5 rings (SSSR count). The molecule has 0 radical (unpaired) electrons. The number of rotatable bonds is 2. The Morgan fingerprint density at radius 2 is 1.73 bits per heavy atom. The fourth-order valence-corrected chi connectivity index (χ4v) is 4.13. The number of pyridine rings is 1. The molecule has 144 valence electrons. The monoisotopic (exact) mass is 393 g/mol. The minimum absolute atomic E-state index is 0.294. The Kier molecular flexibility index (Phi) is 4.11. The molecular formula is C26H18FN2O+. The predicted molar refractivity (Wildman–Crippen MR) is 117 cm³/mol. The highest BCUT2D eigenvalue weighted by Gasteiger charge is 2.23. The number of nitrogens with zero attached hydrogens (tertiary/aromatic N) is 2. The average Bonchev–Trinajstić information content (AvgIpc) is 3.14. The van der Waals surface area contributed by atoms with Crippen molar-refractivity contribution in [3.05, 3.63) is 95.7 Å². The van der Waals surface area contributed by atoms with Crippen molar-refractivity contribution in [1.82, 2.24) is 0 Å². The smallest absolute Gasteiger partial charge is 0.229 e. The number of benzene rings is 3. The Hall–Kier alpha value is -3.97. The number of aromatic nitrogens is 1. The van der Waals surface area contributed by atoms with Gasteiger partial charge in [0.2, 0.25) is 17.6 Å². The van der Waals surface area contributed by atoms with Crippen LogP contribution in [0.15, 0.2) is 77.3 Å². The summed E-state index contributed by atoms with van der Waals surface area (Å²) in [5.41, 5.74) is 6.64. The molecule has 0 aliphatic rings. The van der Waals surface area contributed by atoms with Gasteiger partial charge in [-0.25, -0.2) is 9.24 Å². The first-order valence-electron chi connectivity index (χ1n) is 9.65. The van der Waals surface area contributed by atoms with Crippen LogP contribution in [0.5, 0.6) is 0 Å². The summed E-state index contributed by atoms with van der Waals surface area (Å²) in [5, 5.41) is 1.87. The molecule has 30 heavy (non-hydrogen) atoms. The lowest BCUT2D eigenvalue weighted by Gasteiger charge is -2.06. The molecule has 0 aliphatic carbocycles. The molecule has 3 aromatic carbocycles. The standard InChI is InChI=1S/C26H18FN2O/c1-16-9-11-20-24-19(17-7-5-4-6-8-17)12-13-21(28-2)26(24)30-25(20)23(16)22-14-10-18(27)15-29(22)3/h4-15H,1,3H3/q+1. The topological polar surface area (TPSA) is 21.4 Å². The van der Waals surface area contributed by atoms with Gasteiger partial charge in [0, 0.05) is 16.8 Å². The van der Waals surface area contributed by atoms with Crippen molar-refractivity contribution < 1.29 is 13.4 Å². The summed E-state index contributed by atoms with van der Waals surface area (Å²) in [7, 11) is 1.82. The van der Waals surface area contributed by atoms with Crippen LogP contribution >= 0.6 is 0 Å². The SMILES string of the molecule is [C-]#[N+]c1ccc(-c2ccccc2)c2c1oc1c(-c3ccc(F)c[n+]3C)c(C)ccc12. The van der Waals surface area contributed by atoms with E-state index in [1.54, 1.807) is 10.6 Å². The van der Waals surface area contributed by atoms with Gasteiger partial charge >= 0.3 is 0 Å². The molecule has 2 aromatic heterocycles. The van der Waals surface area contributed by atoms with E-state index in [2.05, 4.69) is 23.0 Å². The molecule has 0 aliphatic heterocycles. The Morgan fingerprint density at radius 1 is 0.933 bits per heavy atom. The number of furan rings is 1. The molecule has 0 spiro atoms. The van der Waals surface area contributed by atoms with Gasteiger partial charge in [-0.05, 0) is 29.7 Å². The third kappa shape index (κ3) is 2.67. The normalized spacial score (nSPS) is 11.1. The van der Waals surface area contributed by atoms with Crippen LogP contribution in [0.4, 0.5) is 10.1 Å². The first kappa shape index (κ1) is 18.1. The van der Waals surface area contributed by atoms with Crippen molar-refractivity contribution in [2.75, 3.05) is 0 Å². The van der Waals surface area contributed by atoms with E-state index in [0.717, 1.165) is 38.7 Å². The second-order valence-corrected chi connectivity index (χ2v) is 7.39. The summed E-state index contributed by atoms with van der Waals surface area (Å²) in [6, 6.07) is 21.2. The summed E-state index contributed by atoms with van der Waals surface area (Å²) < 4.78 is 21.8. The number of aryl methyl sites for hydroxylation is 2. The molecule has 0 saturated carbocycles. The van der Waals surface area contributed by atoms with Crippen molar-refractivity contribution >= 4 is 27.6 Å². The maximum Gasteiger partial charge on any atom is 0.229 e. The Morgan fingerprint density at radius 3 is 2.47 bits per heavy atom. The molecule has 5 aromatic rings. The van der Waals surface area contributed by atoms with Crippen LogP contribution in [0.25, 0.3) is 49.2 Å². The van der Waals surface area contributed by atoms with Gasteiger partial charge in [-0.3, -0.25) is 0 Å². The van der Waals surface area contributed by atoms with E-state index < -0.39 is 0 Å². The minimum Gasteiger partial charge on any atom is -0.466 e. The Bertz CT molecular complexity index is 1480. The first-order chi connectivity index (χ1) is 14.6. The second kappa shape index (κ2) is 6.82. The fourth-order valence-electron chi connectivity index (χ4n) is 4.13. The molecule has 0 unspecified atom stereocenters. The van der Waals surface area contributed by atoms with Crippen molar-refractivity contribution in [1.29, 1.82) is 0 Å². The van der Waals surface area contributed by atoms with Gasteiger partial charge in [0.05, 0.1) is 12.1 Å². The van der Waals surface area contributed by atoms with Crippen LogP contribution in [0.2, 0.25) is 0 Å². The lowest BCUT2D eigenvalue weighted by atomic mass is 9.96. The van der Waals surface area contributed by atoms with E-state index in [1.807, 2.05) is 50.4 Å². The lowest BCUT2D eigenvalue weighted by molar-refractivity contribution is -0.661. The van der Waals surface area contributed by atoms with Gasteiger partial charge in [0.1, 0.15) is 18.2 Å². The summed E-state index contributed by atoms with van der Waals surface area (Å²) in [6.07, 6.45) is 1.45. The van der Waals surface area contributed by atoms with Gasteiger partial charge in [0.25, 0.3) is 0 Å². The van der Waals surface area contributed by atoms with Crippen molar-refractivity contribution in [3.8, 4) is 22.4 Å². The molecule has 0 amide bonds. The molecular weight excluding hydrogens is 375 g/mol. The van der Waals surface area contributed by atoms with Gasteiger partial charge in [-0.15, -0.1) is 0 Å². The Balaban J connectivity index is 1.94. The maximum absolute atomic E-state index is 13.7. The van der Waals surface area contributed by atoms with Crippen LogP contribution in [0.3, 0.4) is 0 Å². The number of hydrogen-bond acceptors (Lipinski definition) is 1. The molecule has 3 nitrogen and oxygen atoms in total. The molecule has 0 bridgehead atoms. The zero-order chi connectivity index (χ0) is 20.8. The van der Waals surface area contributed by atoms with Crippen LogP contribution < -0.4 is 4.57 Å². The fraction of sp³-hybridized carbons (Fsp3) is 0.0769. The third-order valence-corrected chi connectivity index (χ3v) is 5.54. The van der Waals surface area contributed by atoms with E-state index in [0.29, 0.717) is 16.9 Å². The predicted octanol–water partition coefficient (Wildman–Crippen LogP) is 6.74. The van der Waals surface area contributed by atoms with Gasteiger partial charge < -0.3 is 4.42 Å². The second-order valence-electron chi connectivity index (χ2n) is 7.39. The largest absolute Gasteiger partial charge is 0.466 e. The van der Waals surface area contributed by atoms with Crippen LogP contribution in [-0.2, 0) is 7.05 Å². The third-order valence-electron chi connectivity index (χ3n) is 5.54. The number of fused-ring (bicyclic) bond motifs is 3. The summed E-state index contributed by atoms with van der Waals surface area (Å²) in [4.78, 5) is 3.68. The first-order valence-corrected chi connectivity index (χ1v) is 9.65. The lowest BCUT2D eigenvalue weighted by Crippen LogP contribution is -2.31. The van der Waals surface area contributed by atoms with E-state index in [4.69, 9.17) is 11.0 Å². The quantitative estimate of drug-likeness (QED) is 0.240. The van der Waals surface area contributed by atoms with E-state index in [1.165, 1.54) is 12.3 Å². The van der Waals surface area contributed by atoms with Gasteiger partial charge in [-0.2, -0.15) is 4.57 Å². The van der Waals surface area contributed by atoms with Crippen molar-refractivity contribution in [2.45, 2.75) is 6.92 Å². The molecule has 4 heteroatoms. The zero-order valence-electron chi connectivity index (χ0n) is 16.6. The molecule has 0 N–H and O–H groups in total. The summed E-state index contributed by atoms with van der Waals surface area (Å²) in [6.45, 7) is 9.62. The van der Waals surface area contributed by atoms with Crippen LogP contribution in [-0.4, -0.2) is 0 Å². The summed E-state index contributed by atoms with van der Waals surface area (Å²) in [5.74, 6) is -0.294. The van der Waals surface area contributed by atoms with Gasteiger partial charge in [-0.1, -0.05) is 54.6 Å². The molecule has 0 saturated heterocycles. The van der Waals surface area contributed by atoms with Gasteiger partial charge in [0.15, 0.2) is 5.82 Å². The molecule has 2 heterocycles. The highest BCUT2D eigenvalue weighted by Crippen LogP contribution is 2.44. The minimum atomic E-state index is -0.294. The molecule has 0 atom stereocenters. The van der Waals surface area contributed by atoms with E-state index >= 15 is 0 Å². The van der Waals surface area contributed by atoms with Crippen molar-refractivity contribution in [2.24, 2.45) is 7.05 Å². The highest BCUT2D eigenvalue weighted by atomic mass is 19.1. The van der Waals surface area contributed by atoms with Crippen LogP contribution in [0, 0.1) is 19.3 Å². The zero-order valence-corrected chi connectivity index (χ0v) is 16.6. The highest BCUT2D eigenvalue weighted by molar-refractivity contribution is 6.18. The number of hydrogen-bond donors (Lipinski definition) is 0.